The van der Waals surface area contributed by atoms with E-state index in [4.69, 9.17) is 0 Å². The molecular formula is C11H9F3N4O2. The summed E-state index contributed by atoms with van der Waals surface area (Å²) in [6.45, 7) is -1.63. The first-order chi connectivity index (χ1) is 9.44. The van der Waals surface area contributed by atoms with Gasteiger partial charge in [-0.15, -0.1) is 0 Å². The number of anilines is 1. The molecule has 0 aliphatic carbocycles. The molecule has 0 bridgehead atoms. The summed E-state index contributed by atoms with van der Waals surface area (Å²) in [5.74, 6) is 0. The molecule has 1 amide bonds. The Bertz CT molecular complexity index is 566. The molecule has 1 aromatic heterocycles. The van der Waals surface area contributed by atoms with E-state index in [1.807, 2.05) is 0 Å². The van der Waals surface area contributed by atoms with Crippen LogP contribution in [0.15, 0.2) is 36.9 Å². The van der Waals surface area contributed by atoms with Gasteiger partial charge >= 0.3 is 12.3 Å². The lowest BCUT2D eigenvalue weighted by Gasteiger charge is -2.09. The quantitative estimate of drug-likeness (QED) is 0.940. The number of halogens is 3. The van der Waals surface area contributed by atoms with Crippen LogP contribution < -0.4 is 5.32 Å². The van der Waals surface area contributed by atoms with Gasteiger partial charge in [0.2, 0.25) is 0 Å². The van der Waals surface area contributed by atoms with Crippen molar-refractivity contribution in [3.8, 4) is 5.69 Å². The summed E-state index contributed by atoms with van der Waals surface area (Å²) in [6, 6.07) is 6.25. The van der Waals surface area contributed by atoms with Gasteiger partial charge in [-0.2, -0.15) is 18.3 Å². The predicted octanol–water partition coefficient (Wildman–Crippen LogP) is 2.38. The van der Waals surface area contributed by atoms with Crippen LogP contribution in [-0.4, -0.2) is 33.6 Å². The Morgan fingerprint density at radius 3 is 2.55 bits per heavy atom. The number of benzene rings is 1. The van der Waals surface area contributed by atoms with Crippen molar-refractivity contribution in [3.63, 3.8) is 0 Å². The van der Waals surface area contributed by atoms with Crippen LogP contribution in [0.5, 0.6) is 0 Å². The Morgan fingerprint density at radius 2 is 2.00 bits per heavy atom. The Labute approximate surface area is 111 Å². The van der Waals surface area contributed by atoms with Gasteiger partial charge in [-0.05, 0) is 24.3 Å². The van der Waals surface area contributed by atoms with Crippen LogP contribution in [0.1, 0.15) is 0 Å². The number of carbonyl (C=O) groups is 1. The Balaban J connectivity index is 1.92. The molecule has 0 aliphatic heterocycles. The zero-order valence-corrected chi connectivity index (χ0v) is 9.96. The highest BCUT2D eigenvalue weighted by atomic mass is 19.4. The summed E-state index contributed by atoms with van der Waals surface area (Å²) in [5.41, 5.74) is 0.998. The van der Waals surface area contributed by atoms with Crippen molar-refractivity contribution in [3.05, 3.63) is 36.9 Å². The molecule has 0 unspecified atom stereocenters. The normalized spacial score (nSPS) is 11.2. The monoisotopic (exact) mass is 286 g/mol. The maximum atomic E-state index is 11.8. The number of nitrogens with zero attached hydrogens (tertiary/aromatic N) is 3. The van der Waals surface area contributed by atoms with Crippen LogP contribution in [0.25, 0.3) is 5.69 Å². The van der Waals surface area contributed by atoms with E-state index in [1.165, 1.54) is 29.5 Å². The molecule has 0 aliphatic rings. The molecule has 1 N–H and O–H groups in total. The number of rotatable bonds is 3. The van der Waals surface area contributed by atoms with Crippen molar-refractivity contribution in [2.45, 2.75) is 6.18 Å². The van der Waals surface area contributed by atoms with Crippen molar-refractivity contribution in [2.24, 2.45) is 0 Å². The number of nitrogens with one attached hydrogen (secondary N) is 1. The van der Waals surface area contributed by atoms with E-state index >= 15 is 0 Å². The lowest BCUT2D eigenvalue weighted by atomic mass is 10.3. The lowest BCUT2D eigenvalue weighted by molar-refractivity contribution is -0.159. The fourth-order valence-electron chi connectivity index (χ4n) is 1.34. The van der Waals surface area contributed by atoms with Crippen molar-refractivity contribution < 1.29 is 22.7 Å². The van der Waals surface area contributed by atoms with Gasteiger partial charge in [0, 0.05) is 5.69 Å². The Hall–Kier alpha value is -2.58. The van der Waals surface area contributed by atoms with Crippen molar-refractivity contribution in [2.75, 3.05) is 11.9 Å². The van der Waals surface area contributed by atoms with E-state index in [1.54, 1.807) is 12.1 Å². The van der Waals surface area contributed by atoms with E-state index in [0.717, 1.165) is 0 Å². The van der Waals surface area contributed by atoms with Gasteiger partial charge in [-0.3, -0.25) is 5.32 Å². The molecule has 0 saturated carbocycles. The summed E-state index contributed by atoms with van der Waals surface area (Å²) in [7, 11) is 0. The third-order valence-corrected chi connectivity index (χ3v) is 2.16. The van der Waals surface area contributed by atoms with Gasteiger partial charge in [0.15, 0.2) is 6.61 Å². The average molecular weight is 286 g/mol. The highest BCUT2D eigenvalue weighted by molar-refractivity contribution is 5.84. The smallest absolute Gasteiger partial charge is 0.422 e. The van der Waals surface area contributed by atoms with Gasteiger partial charge < -0.3 is 4.74 Å². The third-order valence-electron chi connectivity index (χ3n) is 2.16. The molecule has 0 radical (unpaired) electrons. The van der Waals surface area contributed by atoms with Crippen LogP contribution in [0.3, 0.4) is 0 Å². The fraction of sp³-hybridized carbons (Fsp3) is 0.182. The zero-order chi connectivity index (χ0) is 14.6. The molecule has 1 aromatic carbocycles. The van der Waals surface area contributed by atoms with E-state index in [-0.39, 0.29) is 0 Å². The highest BCUT2D eigenvalue weighted by Crippen LogP contribution is 2.16. The number of alkyl halides is 3. The molecule has 2 rings (SSSR count). The SMILES string of the molecule is O=C(Nc1ccc(-n2cncn2)cc1)OCC(F)(F)F. The standard InChI is InChI=1S/C11H9F3N4O2/c12-11(13,14)5-20-10(19)17-8-1-3-9(4-2-8)18-7-15-6-16-18/h1-4,6-7H,5H2,(H,17,19). The predicted molar refractivity (Wildman–Crippen MR) is 62.4 cm³/mol. The summed E-state index contributed by atoms with van der Waals surface area (Å²) < 4.78 is 41.0. The summed E-state index contributed by atoms with van der Waals surface area (Å²) in [4.78, 5) is 14.9. The van der Waals surface area contributed by atoms with E-state index in [9.17, 15) is 18.0 Å². The first-order valence-corrected chi connectivity index (χ1v) is 5.40. The van der Waals surface area contributed by atoms with Gasteiger partial charge in [0.25, 0.3) is 0 Å². The number of amides is 1. The fourth-order valence-corrected chi connectivity index (χ4v) is 1.34. The minimum atomic E-state index is -4.55. The van der Waals surface area contributed by atoms with Crippen molar-refractivity contribution in [1.82, 2.24) is 14.8 Å². The van der Waals surface area contributed by atoms with Crippen LogP contribution in [0.2, 0.25) is 0 Å². The Morgan fingerprint density at radius 1 is 1.30 bits per heavy atom. The molecule has 0 spiro atoms. The summed E-state index contributed by atoms with van der Waals surface area (Å²) >= 11 is 0. The molecule has 0 atom stereocenters. The average Bonchev–Trinajstić information content (AvgIpc) is 2.90. The Kier molecular flexibility index (Phi) is 3.87. The van der Waals surface area contributed by atoms with Crippen molar-refractivity contribution >= 4 is 11.8 Å². The number of hydrogen-bond donors (Lipinski definition) is 1. The molecule has 1 heterocycles. The molecule has 106 valence electrons. The van der Waals surface area contributed by atoms with Crippen LogP contribution in [0, 0.1) is 0 Å². The molecule has 0 fully saturated rings. The lowest BCUT2D eigenvalue weighted by Crippen LogP contribution is -2.23. The van der Waals surface area contributed by atoms with E-state index < -0.39 is 18.9 Å². The molecule has 2 aromatic rings. The highest BCUT2D eigenvalue weighted by Gasteiger charge is 2.29. The van der Waals surface area contributed by atoms with Gasteiger partial charge in [-0.1, -0.05) is 0 Å². The second kappa shape index (κ2) is 5.59. The number of ether oxygens (including phenoxy) is 1. The number of aromatic nitrogens is 3. The van der Waals surface area contributed by atoms with E-state index in [0.29, 0.717) is 11.4 Å². The van der Waals surface area contributed by atoms with Crippen molar-refractivity contribution in [1.29, 1.82) is 0 Å². The molecular weight excluding hydrogens is 277 g/mol. The van der Waals surface area contributed by atoms with Gasteiger partial charge in [-0.25, -0.2) is 14.5 Å². The molecule has 6 nitrogen and oxygen atoms in total. The zero-order valence-electron chi connectivity index (χ0n) is 9.96. The topological polar surface area (TPSA) is 69.0 Å². The molecule has 0 saturated heterocycles. The maximum Gasteiger partial charge on any atom is 0.422 e. The second-order valence-corrected chi connectivity index (χ2v) is 3.70. The van der Waals surface area contributed by atoms with Crippen LogP contribution >= 0.6 is 0 Å². The van der Waals surface area contributed by atoms with E-state index in [2.05, 4.69) is 20.1 Å². The summed E-state index contributed by atoms with van der Waals surface area (Å²) in [5, 5.41) is 6.08. The second-order valence-electron chi connectivity index (χ2n) is 3.70. The molecule has 20 heavy (non-hydrogen) atoms. The van der Waals surface area contributed by atoms with Crippen LogP contribution in [0.4, 0.5) is 23.7 Å². The largest absolute Gasteiger partial charge is 0.440 e. The van der Waals surface area contributed by atoms with Gasteiger partial charge in [0.05, 0.1) is 5.69 Å². The number of carbonyl (C=O) groups excluding carboxylic acids is 1. The molecule has 9 heteroatoms. The maximum absolute atomic E-state index is 11.8. The minimum absolute atomic E-state index is 0.307. The van der Waals surface area contributed by atoms with Crippen LogP contribution in [-0.2, 0) is 4.74 Å². The first kappa shape index (κ1) is 13.8. The minimum Gasteiger partial charge on any atom is -0.440 e. The summed E-state index contributed by atoms with van der Waals surface area (Å²) in [6.07, 6.45) is -2.87. The number of hydrogen-bond acceptors (Lipinski definition) is 4. The first-order valence-electron chi connectivity index (χ1n) is 5.40. The van der Waals surface area contributed by atoms with Gasteiger partial charge in [0.1, 0.15) is 12.7 Å². The third kappa shape index (κ3) is 3.97.